The van der Waals surface area contributed by atoms with E-state index in [0.29, 0.717) is 11.7 Å². The van der Waals surface area contributed by atoms with Crippen molar-refractivity contribution in [1.82, 2.24) is 15.1 Å². The van der Waals surface area contributed by atoms with Crippen LogP contribution in [0.4, 0.5) is 5.82 Å². The predicted molar refractivity (Wildman–Crippen MR) is 82.8 cm³/mol. The molecule has 6 heteroatoms. The molecular weight excluding hydrogens is 280 g/mol. The summed E-state index contributed by atoms with van der Waals surface area (Å²) in [7, 11) is 1.77. The van der Waals surface area contributed by atoms with Gasteiger partial charge in [0.2, 0.25) is 0 Å². The van der Waals surface area contributed by atoms with Gasteiger partial charge in [0.25, 0.3) is 0 Å². The van der Waals surface area contributed by atoms with Gasteiger partial charge in [-0.15, -0.1) is 0 Å². The quantitative estimate of drug-likeness (QED) is 0.854. The van der Waals surface area contributed by atoms with Crippen LogP contribution >= 0.6 is 23.8 Å². The van der Waals surface area contributed by atoms with Crippen LogP contribution in [-0.4, -0.2) is 21.9 Å². The Hall–Kier alpha value is -1.59. The first kappa shape index (κ1) is 13.8. The third kappa shape index (κ3) is 3.45. The van der Waals surface area contributed by atoms with Crippen molar-refractivity contribution >= 4 is 34.7 Å². The van der Waals surface area contributed by atoms with E-state index in [9.17, 15) is 0 Å². The Kier molecular flexibility index (Phi) is 4.39. The van der Waals surface area contributed by atoms with Crippen molar-refractivity contribution in [3.63, 3.8) is 0 Å². The second-order valence-corrected chi connectivity index (χ2v) is 4.94. The summed E-state index contributed by atoms with van der Waals surface area (Å²) in [5, 5.41) is 11.6. The van der Waals surface area contributed by atoms with Crippen molar-refractivity contribution in [2.24, 2.45) is 0 Å². The molecule has 0 radical (unpaired) electrons. The van der Waals surface area contributed by atoms with E-state index in [2.05, 4.69) is 15.7 Å². The minimum absolute atomic E-state index is 0.544. The number of thiocarbonyl (C=S) groups is 1. The zero-order valence-electron chi connectivity index (χ0n) is 10.8. The summed E-state index contributed by atoms with van der Waals surface area (Å²) in [5.74, 6) is 0.726. The van der Waals surface area contributed by atoms with Gasteiger partial charge in [0, 0.05) is 23.8 Å². The van der Waals surface area contributed by atoms with Crippen LogP contribution < -0.4 is 10.6 Å². The highest BCUT2D eigenvalue weighted by atomic mass is 35.5. The molecular formula is C13H15ClN4S. The van der Waals surface area contributed by atoms with Crippen LogP contribution in [0.25, 0.3) is 0 Å². The molecule has 2 rings (SSSR count). The topological polar surface area (TPSA) is 41.9 Å². The lowest BCUT2D eigenvalue weighted by Crippen LogP contribution is -2.24. The number of rotatable bonds is 3. The Labute approximate surface area is 122 Å². The van der Waals surface area contributed by atoms with Gasteiger partial charge in [0.05, 0.1) is 6.54 Å². The standard InChI is InChI=1S/C13H15ClN4S/c1-9-7-12(16-13(19)15-2)17-18(9)8-10-5-3-4-6-11(10)14/h3-7H,8H2,1-2H3,(H2,15,16,17,19). The number of hydrogen-bond donors (Lipinski definition) is 2. The molecule has 0 aliphatic heterocycles. The SMILES string of the molecule is CNC(=S)Nc1cc(C)n(Cc2ccccc2Cl)n1. The van der Waals surface area contributed by atoms with E-state index in [1.165, 1.54) is 0 Å². The molecule has 0 fully saturated rings. The number of hydrogen-bond acceptors (Lipinski definition) is 2. The van der Waals surface area contributed by atoms with E-state index < -0.39 is 0 Å². The number of benzene rings is 1. The summed E-state index contributed by atoms with van der Waals surface area (Å²) < 4.78 is 1.89. The average Bonchev–Trinajstić information content (AvgIpc) is 2.72. The maximum atomic E-state index is 6.15. The van der Waals surface area contributed by atoms with Crippen molar-refractivity contribution in [1.29, 1.82) is 0 Å². The molecule has 0 spiro atoms. The number of aryl methyl sites for hydroxylation is 1. The molecule has 0 amide bonds. The molecule has 19 heavy (non-hydrogen) atoms. The van der Waals surface area contributed by atoms with Crippen molar-refractivity contribution in [2.75, 3.05) is 12.4 Å². The summed E-state index contributed by atoms with van der Waals surface area (Å²) >= 11 is 11.2. The summed E-state index contributed by atoms with van der Waals surface area (Å²) in [5.41, 5.74) is 2.08. The Morgan fingerprint density at radius 1 is 1.42 bits per heavy atom. The maximum Gasteiger partial charge on any atom is 0.171 e. The van der Waals surface area contributed by atoms with E-state index >= 15 is 0 Å². The number of nitrogens with one attached hydrogen (secondary N) is 2. The van der Waals surface area contributed by atoms with Gasteiger partial charge in [0.15, 0.2) is 10.9 Å². The third-order valence-corrected chi connectivity index (χ3v) is 3.40. The fourth-order valence-corrected chi connectivity index (χ4v) is 2.00. The lowest BCUT2D eigenvalue weighted by Gasteiger charge is -2.06. The maximum absolute atomic E-state index is 6.15. The van der Waals surface area contributed by atoms with Crippen molar-refractivity contribution in [2.45, 2.75) is 13.5 Å². The Morgan fingerprint density at radius 3 is 2.84 bits per heavy atom. The first-order chi connectivity index (χ1) is 9.10. The normalized spacial score (nSPS) is 10.3. The van der Waals surface area contributed by atoms with Gasteiger partial charge >= 0.3 is 0 Å². The van der Waals surface area contributed by atoms with Crippen LogP contribution in [0.5, 0.6) is 0 Å². The van der Waals surface area contributed by atoms with E-state index in [-0.39, 0.29) is 0 Å². The average molecular weight is 295 g/mol. The fourth-order valence-electron chi connectivity index (χ4n) is 1.70. The Morgan fingerprint density at radius 2 is 2.16 bits per heavy atom. The van der Waals surface area contributed by atoms with Gasteiger partial charge in [0.1, 0.15) is 0 Å². The number of anilines is 1. The van der Waals surface area contributed by atoms with Crippen LogP contribution in [-0.2, 0) is 6.54 Å². The zero-order chi connectivity index (χ0) is 13.8. The molecule has 0 saturated carbocycles. The minimum atomic E-state index is 0.544. The van der Waals surface area contributed by atoms with Crippen LogP contribution in [0.3, 0.4) is 0 Å². The minimum Gasteiger partial charge on any atom is -0.365 e. The van der Waals surface area contributed by atoms with Gasteiger partial charge in [-0.05, 0) is 30.8 Å². The highest BCUT2D eigenvalue weighted by Gasteiger charge is 2.07. The van der Waals surface area contributed by atoms with Crippen molar-refractivity contribution < 1.29 is 0 Å². The molecule has 4 nitrogen and oxygen atoms in total. The molecule has 2 N–H and O–H groups in total. The Balaban J connectivity index is 2.17. The van der Waals surface area contributed by atoms with Gasteiger partial charge in [-0.3, -0.25) is 4.68 Å². The summed E-state index contributed by atoms with van der Waals surface area (Å²) in [6.45, 7) is 2.64. The van der Waals surface area contributed by atoms with E-state index in [0.717, 1.165) is 22.1 Å². The number of aromatic nitrogens is 2. The molecule has 2 aromatic rings. The van der Waals surface area contributed by atoms with Crippen molar-refractivity contribution in [3.8, 4) is 0 Å². The molecule has 1 aromatic heterocycles. The van der Waals surface area contributed by atoms with Crippen molar-refractivity contribution in [3.05, 3.63) is 46.6 Å². The van der Waals surface area contributed by atoms with E-state index in [1.807, 2.05) is 41.9 Å². The summed E-state index contributed by atoms with van der Waals surface area (Å²) in [6, 6.07) is 9.70. The fraction of sp³-hybridized carbons (Fsp3) is 0.231. The Bertz CT molecular complexity index is 594. The molecule has 0 aliphatic carbocycles. The van der Waals surface area contributed by atoms with Crippen LogP contribution in [0.15, 0.2) is 30.3 Å². The smallest absolute Gasteiger partial charge is 0.171 e. The summed E-state index contributed by atoms with van der Waals surface area (Å²) in [4.78, 5) is 0. The number of halogens is 1. The van der Waals surface area contributed by atoms with Gasteiger partial charge in [-0.25, -0.2) is 0 Å². The molecule has 0 atom stereocenters. The number of nitrogens with zero attached hydrogens (tertiary/aromatic N) is 2. The molecule has 0 saturated heterocycles. The molecule has 0 aliphatic rings. The molecule has 1 aromatic carbocycles. The largest absolute Gasteiger partial charge is 0.365 e. The first-order valence-corrected chi connectivity index (χ1v) is 6.65. The van der Waals surface area contributed by atoms with Gasteiger partial charge < -0.3 is 10.6 Å². The molecule has 0 bridgehead atoms. The first-order valence-electron chi connectivity index (χ1n) is 5.86. The van der Waals surface area contributed by atoms with E-state index in [4.69, 9.17) is 23.8 Å². The van der Waals surface area contributed by atoms with E-state index in [1.54, 1.807) is 7.05 Å². The highest BCUT2D eigenvalue weighted by molar-refractivity contribution is 7.80. The third-order valence-electron chi connectivity index (χ3n) is 2.73. The molecule has 100 valence electrons. The van der Waals surface area contributed by atoms with Crippen LogP contribution in [0, 0.1) is 6.92 Å². The monoisotopic (exact) mass is 294 g/mol. The zero-order valence-corrected chi connectivity index (χ0v) is 12.3. The predicted octanol–water partition coefficient (Wildman–Crippen LogP) is 2.81. The van der Waals surface area contributed by atoms with Gasteiger partial charge in [-0.2, -0.15) is 5.10 Å². The second kappa shape index (κ2) is 6.04. The highest BCUT2D eigenvalue weighted by Crippen LogP contribution is 2.18. The lowest BCUT2D eigenvalue weighted by molar-refractivity contribution is 0.668. The van der Waals surface area contributed by atoms with Gasteiger partial charge in [-0.1, -0.05) is 29.8 Å². The molecule has 0 unspecified atom stereocenters. The second-order valence-electron chi connectivity index (χ2n) is 4.12. The lowest BCUT2D eigenvalue weighted by atomic mass is 10.2. The van der Waals surface area contributed by atoms with Crippen LogP contribution in [0.1, 0.15) is 11.3 Å². The van der Waals surface area contributed by atoms with Crippen LogP contribution in [0.2, 0.25) is 5.02 Å². The molecule has 1 heterocycles. The summed E-state index contributed by atoms with van der Waals surface area (Å²) in [6.07, 6.45) is 0.